The van der Waals surface area contributed by atoms with Gasteiger partial charge in [0, 0.05) is 37.6 Å². The molecule has 29 heavy (non-hydrogen) atoms. The van der Waals surface area contributed by atoms with Gasteiger partial charge in [0.05, 0.1) is 18.2 Å². The van der Waals surface area contributed by atoms with Crippen molar-refractivity contribution in [3.8, 4) is 0 Å². The van der Waals surface area contributed by atoms with Crippen molar-refractivity contribution in [2.24, 2.45) is 0 Å². The number of carbonyl (C=O) groups excluding carboxylic acids is 2. The fourth-order valence-electron chi connectivity index (χ4n) is 3.19. The van der Waals surface area contributed by atoms with Crippen molar-refractivity contribution in [3.05, 3.63) is 59.9 Å². The van der Waals surface area contributed by atoms with Gasteiger partial charge in [-0.3, -0.25) is 9.69 Å². The van der Waals surface area contributed by atoms with E-state index in [0.717, 1.165) is 31.9 Å². The molecule has 1 aliphatic heterocycles. The Morgan fingerprint density at radius 2 is 1.62 bits per heavy atom. The Hall–Kier alpha value is -2.93. The maximum Gasteiger partial charge on any atom is 0.338 e. The molecule has 1 heterocycles. The van der Waals surface area contributed by atoms with Crippen LogP contribution in [0.3, 0.4) is 0 Å². The van der Waals surface area contributed by atoms with E-state index in [0.29, 0.717) is 17.8 Å². The summed E-state index contributed by atoms with van der Waals surface area (Å²) in [7, 11) is 0. The number of carbonyl (C=O) groups is 2. The summed E-state index contributed by atoms with van der Waals surface area (Å²) in [5.41, 5.74) is 2.08. The molecule has 1 fully saturated rings. The van der Waals surface area contributed by atoms with Crippen LogP contribution in [-0.2, 0) is 9.53 Å². The number of hydrogen-bond donors (Lipinski definition) is 1. The van der Waals surface area contributed by atoms with E-state index in [1.807, 2.05) is 0 Å². The minimum Gasteiger partial charge on any atom is -0.459 e. The number of piperazine rings is 1. The summed E-state index contributed by atoms with van der Waals surface area (Å²) in [6.45, 7) is 6.97. The summed E-state index contributed by atoms with van der Waals surface area (Å²) in [5, 5.41) is 2.86. The van der Waals surface area contributed by atoms with Gasteiger partial charge in [0.1, 0.15) is 5.82 Å². The van der Waals surface area contributed by atoms with Gasteiger partial charge in [-0.2, -0.15) is 0 Å². The van der Waals surface area contributed by atoms with E-state index in [-0.39, 0.29) is 23.8 Å². The Bertz CT molecular complexity index is 829. The molecule has 0 atom stereocenters. The second kappa shape index (κ2) is 9.52. The van der Waals surface area contributed by atoms with Gasteiger partial charge in [0.15, 0.2) is 0 Å². The molecule has 0 aromatic heterocycles. The molecule has 0 spiro atoms. The second-order valence-corrected chi connectivity index (χ2v) is 7.32. The minimum absolute atomic E-state index is 0.0993. The molecule has 6 nitrogen and oxygen atoms in total. The minimum atomic E-state index is -0.378. The average Bonchev–Trinajstić information content (AvgIpc) is 2.69. The lowest BCUT2D eigenvalue weighted by molar-refractivity contribution is -0.117. The van der Waals surface area contributed by atoms with Gasteiger partial charge in [0.2, 0.25) is 5.91 Å². The van der Waals surface area contributed by atoms with Crippen molar-refractivity contribution in [1.82, 2.24) is 4.90 Å². The molecule has 1 N–H and O–H groups in total. The number of benzene rings is 2. The molecule has 7 heteroatoms. The highest BCUT2D eigenvalue weighted by Gasteiger charge is 2.19. The van der Waals surface area contributed by atoms with Gasteiger partial charge in [-0.15, -0.1) is 0 Å². The lowest BCUT2D eigenvalue weighted by Crippen LogP contribution is -2.48. The van der Waals surface area contributed by atoms with E-state index in [9.17, 15) is 14.0 Å². The third-order valence-electron chi connectivity index (χ3n) is 4.68. The number of halogens is 1. The van der Waals surface area contributed by atoms with E-state index in [4.69, 9.17) is 4.74 Å². The molecule has 1 saturated heterocycles. The van der Waals surface area contributed by atoms with E-state index in [1.165, 1.54) is 12.1 Å². The lowest BCUT2D eigenvalue weighted by Gasteiger charge is -2.35. The molecule has 2 aromatic carbocycles. The highest BCUT2D eigenvalue weighted by Crippen LogP contribution is 2.17. The summed E-state index contributed by atoms with van der Waals surface area (Å²) < 4.78 is 18.2. The lowest BCUT2D eigenvalue weighted by atomic mass is 10.2. The van der Waals surface area contributed by atoms with Gasteiger partial charge in [-0.05, 0) is 62.4 Å². The van der Waals surface area contributed by atoms with Crippen LogP contribution in [0.1, 0.15) is 24.2 Å². The highest BCUT2D eigenvalue weighted by molar-refractivity contribution is 5.94. The molecule has 0 aliphatic carbocycles. The summed E-state index contributed by atoms with van der Waals surface area (Å²) >= 11 is 0. The molecule has 2 aromatic rings. The number of nitrogens with zero attached hydrogens (tertiary/aromatic N) is 2. The van der Waals surface area contributed by atoms with Crippen LogP contribution in [0.25, 0.3) is 0 Å². The van der Waals surface area contributed by atoms with Crippen LogP contribution in [0, 0.1) is 5.82 Å². The first-order valence-electron chi connectivity index (χ1n) is 9.74. The Morgan fingerprint density at radius 1 is 1.00 bits per heavy atom. The van der Waals surface area contributed by atoms with Crippen LogP contribution in [0.4, 0.5) is 15.8 Å². The third kappa shape index (κ3) is 6.02. The van der Waals surface area contributed by atoms with Crippen LogP contribution >= 0.6 is 0 Å². The van der Waals surface area contributed by atoms with Gasteiger partial charge in [-0.1, -0.05) is 0 Å². The van der Waals surface area contributed by atoms with E-state index in [1.54, 1.807) is 50.2 Å². The molecular formula is C22H26FN3O3. The molecule has 1 amide bonds. The maximum atomic E-state index is 13.1. The fraction of sp³-hybridized carbons (Fsp3) is 0.364. The number of ether oxygens (including phenoxy) is 1. The van der Waals surface area contributed by atoms with Gasteiger partial charge in [-0.25, -0.2) is 9.18 Å². The molecule has 0 unspecified atom stereocenters. The molecule has 0 bridgehead atoms. The standard InChI is InChI=1S/C22H26FN3O3/c1-16(2)29-22(28)17-3-7-19(8-4-17)24-21(27)15-25-11-13-26(14-12-25)20-9-5-18(23)6-10-20/h3-10,16H,11-15H2,1-2H3,(H,24,27). The number of rotatable bonds is 6. The SMILES string of the molecule is CC(C)OC(=O)c1ccc(NC(=O)CN2CCN(c3ccc(F)cc3)CC2)cc1. The van der Waals surface area contributed by atoms with Crippen molar-refractivity contribution < 1.29 is 18.7 Å². The Balaban J connectivity index is 1.45. The summed E-state index contributed by atoms with van der Waals surface area (Å²) in [5.74, 6) is -0.719. The smallest absolute Gasteiger partial charge is 0.338 e. The van der Waals surface area contributed by atoms with E-state index < -0.39 is 0 Å². The molecule has 0 radical (unpaired) electrons. The van der Waals surface area contributed by atoms with Gasteiger partial charge >= 0.3 is 5.97 Å². The Morgan fingerprint density at radius 3 is 2.21 bits per heavy atom. The topological polar surface area (TPSA) is 61.9 Å². The van der Waals surface area contributed by atoms with Crippen molar-refractivity contribution >= 4 is 23.3 Å². The van der Waals surface area contributed by atoms with Crippen molar-refractivity contribution in [1.29, 1.82) is 0 Å². The number of esters is 1. The zero-order valence-corrected chi connectivity index (χ0v) is 16.7. The summed E-state index contributed by atoms with van der Waals surface area (Å²) in [4.78, 5) is 28.5. The van der Waals surface area contributed by atoms with Crippen LogP contribution in [0.5, 0.6) is 0 Å². The first-order valence-corrected chi connectivity index (χ1v) is 9.74. The number of amides is 1. The van der Waals surface area contributed by atoms with Crippen LogP contribution in [0.2, 0.25) is 0 Å². The maximum absolute atomic E-state index is 13.1. The summed E-state index contributed by atoms with van der Waals surface area (Å²) in [6, 6.07) is 13.1. The first-order chi connectivity index (χ1) is 13.9. The first kappa shape index (κ1) is 20.8. The van der Waals surface area contributed by atoms with Crippen LogP contribution < -0.4 is 10.2 Å². The van der Waals surface area contributed by atoms with Crippen LogP contribution in [-0.4, -0.2) is 55.6 Å². The quantitative estimate of drug-likeness (QED) is 0.756. The average molecular weight is 399 g/mol. The predicted octanol–water partition coefficient (Wildman–Crippen LogP) is 3.15. The van der Waals surface area contributed by atoms with Crippen molar-refractivity contribution in [3.63, 3.8) is 0 Å². The second-order valence-electron chi connectivity index (χ2n) is 7.32. The van der Waals surface area contributed by atoms with Gasteiger partial charge < -0.3 is 15.0 Å². The van der Waals surface area contributed by atoms with E-state index in [2.05, 4.69) is 15.1 Å². The molecule has 3 rings (SSSR count). The zero-order chi connectivity index (χ0) is 20.8. The van der Waals surface area contributed by atoms with Crippen molar-refractivity contribution in [2.45, 2.75) is 20.0 Å². The molecule has 154 valence electrons. The monoisotopic (exact) mass is 399 g/mol. The van der Waals surface area contributed by atoms with Gasteiger partial charge in [0.25, 0.3) is 0 Å². The fourth-order valence-corrected chi connectivity index (χ4v) is 3.19. The highest BCUT2D eigenvalue weighted by atomic mass is 19.1. The normalized spacial score (nSPS) is 14.7. The van der Waals surface area contributed by atoms with Crippen LogP contribution in [0.15, 0.2) is 48.5 Å². The largest absolute Gasteiger partial charge is 0.459 e. The van der Waals surface area contributed by atoms with E-state index >= 15 is 0 Å². The molecule has 0 saturated carbocycles. The number of hydrogen-bond acceptors (Lipinski definition) is 5. The molecule has 1 aliphatic rings. The molecular weight excluding hydrogens is 373 g/mol. The Labute approximate surface area is 170 Å². The van der Waals surface area contributed by atoms with Crippen molar-refractivity contribution in [2.75, 3.05) is 42.9 Å². The predicted molar refractivity (Wildman–Crippen MR) is 111 cm³/mol. The third-order valence-corrected chi connectivity index (χ3v) is 4.68. The Kier molecular flexibility index (Phi) is 6.82. The number of anilines is 2. The number of nitrogens with one attached hydrogen (secondary N) is 1. The summed E-state index contributed by atoms with van der Waals surface area (Å²) in [6.07, 6.45) is -0.176. The zero-order valence-electron chi connectivity index (χ0n) is 16.7.